The molecule has 0 spiro atoms. The smallest absolute Gasteiger partial charge is 0.308 e. The van der Waals surface area contributed by atoms with Gasteiger partial charge in [-0.25, -0.2) is 4.39 Å². The Labute approximate surface area is 108 Å². The summed E-state index contributed by atoms with van der Waals surface area (Å²) >= 11 is 0. The van der Waals surface area contributed by atoms with Gasteiger partial charge in [-0.2, -0.15) is 0 Å². The van der Waals surface area contributed by atoms with Crippen LogP contribution in [0.25, 0.3) is 0 Å². The largest absolute Gasteiger partial charge is 0.505 e. The molecule has 0 amide bonds. The number of hydrogen-bond acceptors (Lipinski definition) is 3. The minimum Gasteiger partial charge on any atom is -0.505 e. The van der Waals surface area contributed by atoms with Crippen molar-refractivity contribution in [3.63, 3.8) is 0 Å². The third-order valence-corrected chi connectivity index (χ3v) is 2.53. The maximum Gasteiger partial charge on any atom is 0.308 e. The number of esters is 1. The van der Waals surface area contributed by atoms with Crippen molar-refractivity contribution in [2.24, 2.45) is 5.92 Å². The first-order chi connectivity index (χ1) is 8.47. The van der Waals surface area contributed by atoms with Crippen molar-refractivity contribution in [2.75, 3.05) is 7.11 Å². The van der Waals surface area contributed by atoms with Crippen molar-refractivity contribution in [1.29, 1.82) is 0 Å². The summed E-state index contributed by atoms with van der Waals surface area (Å²) in [6.07, 6.45) is 0.215. The van der Waals surface area contributed by atoms with Gasteiger partial charge >= 0.3 is 5.97 Å². The van der Waals surface area contributed by atoms with Crippen molar-refractivity contribution < 1.29 is 19.0 Å². The standard InChI is InChI=1S/C12H15FO3.C2H6/c1-7-4-5-9(10(13)11(7)14)6-8(2)12(15)16-3;1-2/h4-5,8,14H,6H2,1-3H3;1-2H3. The molecule has 0 saturated heterocycles. The van der Waals surface area contributed by atoms with Crippen LogP contribution in [0.4, 0.5) is 4.39 Å². The summed E-state index contributed by atoms with van der Waals surface area (Å²) in [7, 11) is 1.29. The minimum atomic E-state index is -0.657. The van der Waals surface area contributed by atoms with Crippen molar-refractivity contribution >= 4 is 5.97 Å². The van der Waals surface area contributed by atoms with Crippen LogP contribution in [0, 0.1) is 18.7 Å². The number of rotatable bonds is 3. The summed E-state index contributed by atoms with van der Waals surface area (Å²) in [5.74, 6) is -1.83. The highest BCUT2D eigenvalue weighted by Gasteiger charge is 2.18. The zero-order valence-corrected chi connectivity index (χ0v) is 11.6. The fourth-order valence-corrected chi connectivity index (χ4v) is 1.47. The molecule has 102 valence electrons. The van der Waals surface area contributed by atoms with Gasteiger partial charge in [0.15, 0.2) is 11.6 Å². The third kappa shape index (κ3) is 4.02. The maximum absolute atomic E-state index is 13.6. The zero-order valence-electron chi connectivity index (χ0n) is 11.6. The van der Waals surface area contributed by atoms with Gasteiger partial charge in [0.1, 0.15) is 0 Å². The number of hydrogen-bond donors (Lipinski definition) is 1. The number of carbonyl (C=O) groups excluding carboxylic acids is 1. The summed E-state index contributed by atoms with van der Waals surface area (Å²) in [6.45, 7) is 7.27. The third-order valence-electron chi connectivity index (χ3n) is 2.53. The molecule has 0 aromatic heterocycles. The minimum absolute atomic E-state index is 0.215. The Morgan fingerprint density at radius 2 is 2.00 bits per heavy atom. The fraction of sp³-hybridized carbons (Fsp3) is 0.500. The van der Waals surface area contributed by atoms with E-state index >= 15 is 0 Å². The van der Waals surface area contributed by atoms with Gasteiger partial charge in [-0.15, -0.1) is 0 Å². The van der Waals surface area contributed by atoms with Gasteiger partial charge in [0.2, 0.25) is 0 Å². The van der Waals surface area contributed by atoms with Crippen LogP contribution in [0.15, 0.2) is 12.1 Å². The average Bonchev–Trinajstić information content (AvgIpc) is 2.40. The molecule has 0 aliphatic carbocycles. The molecular formula is C14H21FO3. The lowest BCUT2D eigenvalue weighted by Gasteiger charge is -2.11. The van der Waals surface area contributed by atoms with Crippen LogP contribution < -0.4 is 0 Å². The highest BCUT2D eigenvalue weighted by molar-refractivity contribution is 5.72. The summed E-state index contributed by atoms with van der Waals surface area (Å²) in [6, 6.07) is 3.20. The van der Waals surface area contributed by atoms with E-state index in [0.29, 0.717) is 11.1 Å². The molecular weight excluding hydrogens is 235 g/mol. The molecule has 1 rings (SSSR count). The zero-order chi connectivity index (χ0) is 14.3. The first kappa shape index (κ1) is 16.4. The van der Waals surface area contributed by atoms with Crippen LogP contribution in [-0.2, 0) is 16.0 Å². The first-order valence-corrected chi connectivity index (χ1v) is 6.02. The van der Waals surface area contributed by atoms with Gasteiger partial charge in [0.05, 0.1) is 13.0 Å². The van der Waals surface area contributed by atoms with E-state index in [9.17, 15) is 14.3 Å². The molecule has 0 aliphatic rings. The molecule has 0 radical (unpaired) electrons. The molecule has 18 heavy (non-hydrogen) atoms. The van der Waals surface area contributed by atoms with E-state index in [0.717, 1.165) is 0 Å². The summed E-state index contributed by atoms with van der Waals surface area (Å²) < 4.78 is 18.1. The second-order valence-corrected chi connectivity index (χ2v) is 3.83. The number of carbonyl (C=O) groups is 1. The van der Waals surface area contributed by atoms with Crippen LogP contribution in [0.5, 0.6) is 5.75 Å². The quantitative estimate of drug-likeness (QED) is 0.845. The number of aryl methyl sites for hydroxylation is 1. The van der Waals surface area contributed by atoms with E-state index in [1.54, 1.807) is 26.0 Å². The summed E-state index contributed by atoms with van der Waals surface area (Å²) in [5.41, 5.74) is 0.799. The molecule has 1 aromatic rings. The predicted molar refractivity (Wildman–Crippen MR) is 69.0 cm³/mol. The number of methoxy groups -OCH3 is 1. The molecule has 0 saturated carbocycles. The van der Waals surface area contributed by atoms with E-state index in [1.807, 2.05) is 13.8 Å². The van der Waals surface area contributed by atoms with Crippen molar-refractivity contribution in [1.82, 2.24) is 0 Å². The van der Waals surface area contributed by atoms with Gasteiger partial charge < -0.3 is 9.84 Å². The lowest BCUT2D eigenvalue weighted by Crippen LogP contribution is -2.15. The van der Waals surface area contributed by atoms with Crippen LogP contribution in [0.2, 0.25) is 0 Å². The number of benzene rings is 1. The molecule has 1 atom stereocenters. The normalized spacial score (nSPS) is 11.2. The van der Waals surface area contributed by atoms with Gasteiger partial charge in [-0.05, 0) is 24.5 Å². The molecule has 1 unspecified atom stereocenters. The molecule has 1 aromatic carbocycles. The van der Waals surface area contributed by atoms with Gasteiger partial charge in [0, 0.05) is 0 Å². The lowest BCUT2D eigenvalue weighted by molar-refractivity contribution is -0.144. The van der Waals surface area contributed by atoms with Gasteiger partial charge in [0.25, 0.3) is 0 Å². The number of halogens is 1. The van der Waals surface area contributed by atoms with Crippen LogP contribution in [0.3, 0.4) is 0 Å². The number of ether oxygens (including phenoxy) is 1. The number of aromatic hydroxyl groups is 1. The van der Waals surface area contributed by atoms with Crippen molar-refractivity contribution in [3.8, 4) is 5.75 Å². The van der Waals surface area contributed by atoms with Crippen molar-refractivity contribution in [3.05, 3.63) is 29.1 Å². The summed E-state index contributed by atoms with van der Waals surface area (Å²) in [5, 5.41) is 9.40. The van der Waals surface area contributed by atoms with Crippen LogP contribution >= 0.6 is 0 Å². The van der Waals surface area contributed by atoms with Gasteiger partial charge in [-0.3, -0.25) is 4.79 Å². The molecule has 3 nitrogen and oxygen atoms in total. The van der Waals surface area contributed by atoms with E-state index in [2.05, 4.69) is 4.74 Å². The Bertz CT molecular complexity index is 402. The second-order valence-electron chi connectivity index (χ2n) is 3.83. The Balaban J connectivity index is 0.00000137. The maximum atomic E-state index is 13.6. The summed E-state index contributed by atoms with van der Waals surface area (Å²) in [4.78, 5) is 11.2. The highest BCUT2D eigenvalue weighted by Crippen LogP contribution is 2.25. The second kappa shape index (κ2) is 7.69. The fourth-order valence-electron chi connectivity index (χ4n) is 1.47. The number of phenolic OH excluding ortho intramolecular Hbond substituents is 1. The van der Waals surface area contributed by atoms with E-state index in [4.69, 9.17) is 0 Å². The van der Waals surface area contributed by atoms with Crippen molar-refractivity contribution in [2.45, 2.75) is 34.1 Å². The Hall–Kier alpha value is -1.58. The van der Waals surface area contributed by atoms with E-state index in [1.165, 1.54) is 7.11 Å². The van der Waals surface area contributed by atoms with E-state index in [-0.39, 0.29) is 18.1 Å². The SMILES string of the molecule is CC.COC(=O)C(C)Cc1ccc(C)c(O)c1F. The Kier molecular flexibility index (Phi) is 7.01. The highest BCUT2D eigenvalue weighted by atomic mass is 19.1. The Morgan fingerprint density at radius 1 is 1.44 bits per heavy atom. The molecule has 0 bridgehead atoms. The monoisotopic (exact) mass is 256 g/mol. The predicted octanol–water partition coefficient (Wildman–Crippen LogP) is 3.22. The van der Waals surface area contributed by atoms with Gasteiger partial charge in [-0.1, -0.05) is 32.9 Å². The molecule has 1 N–H and O–H groups in total. The Morgan fingerprint density at radius 3 is 2.50 bits per heavy atom. The molecule has 0 aliphatic heterocycles. The molecule has 4 heteroatoms. The number of phenols is 1. The van der Waals surface area contributed by atoms with E-state index < -0.39 is 11.7 Å². The van der Waals surface area contributed by atoms with Crippen LogP contribution in [-0.4, -0.2) is 18.2 Å². The molecule has 0 fully saturated rings. The molecule has 0 heterocycles. The average molecular weight is 256 g/mol. The first-order valence-electron chi connectivity index (χ1n) is 6.02. The lowest BCUT2D eigenvalue weighted by atomic mass is 9.99. The van der Waals surface area contributed by atoms with Crippen LogP contribution in [0.1, 0.15) is 31.9 Å². The topological polar surface area (TPSA) is 46.5 Å².